The molecule has 0 aliphatic heterocycles. The van der Waals surface area contributed by atoms with Crippen molar-refractivity contribution in [3.8, 4) is 0 Å². The third-order valence-electron chi connectivity index (χ3n) is 6.13. The number of amides is 3. The predicted molar refractivity (Wildman–Crippen MR) is 169 cm³/mol. The standard InChI is InChI=1S/C31H28ClN3O5S2/c1-4-24(41-23-15-9-14-22(17-23)34-27(36)19-10-8-11-20(32)16-19)28(37)35-30-25(31(39)40-3)18(2)26(42-30)29(38)33-21-12-6-5-7-13-21/h5-17,24H,4H2,1-3H3,(H,33,38)(H,34,36)(H,35,37). The molecule has 0 saturated carbocycles. The van der Waals surface area contributed by atoms with E-state index in [1.54, 1.807) is 73.7 Å². The van der Waals surface area contributed by atoms with Crippen LogP contribution in [0.5, 0.6) is 0 Å². The molecule has 0 aliphatic rings. The molecular formula is C31H28ClN3O5S2. The number of methoxy groups -OCH3 is 1. The first kappa shape index (κ1) is 30.8. The fraction of sp³-hybridized carbons (Fsp3) is 0.161. The Balaban J connectivity index is 1.50. The lowest BCUT2D eigenvalue weighted by Gasteiger charge is -2.15. The molecule has 4 rings (SSSR count). The molecule has 0 bridgehead atoms. The summed E-state index contributed by atoms with van der Waals surface area (Å²) in [6.45, 7) is 3.52. The van der Waals surface area contributed by atoms with E-state index in [0.29, 0.717) is 38.8 Å². The highest BCUT2D eigenvalue weighted by molar-refractivity contribution is 8.00. The van der Waals surface area contributed by atoms with Crippen LogP contribution in [-0.2, 0) is 9.53 Å². The topological polar surface area (TPSA) is 114 Å². The zero-order valence-corrected chi connectivity index (χ0v) is 25.4. The maximum atomic E-state index is 13.4. The van der Waals surface area contributed by atoms with Gasteiger partial charge >= 0.3 is 5.97 Å². The van der Waals surface area contributed by atoms with Crippen molar-refractivity contribution in [2.45, 2.75) is 30.4 Å². The Morgan fingerprint density at radius 2 is 1.57 bits per heavy atom. The van der Waals surface area contributed by atoms with E-state index in [2.05, 4.69) is 16.0 Å². The Kier molecular flexibility index (Phi) is 10.4. The summed E-state index contributed by atoms with van der Waals surface area (Å²) in [6, 6.07) is 22.8. The lowest BCUT2D eigenvalue weighted by molar-refractivity contribution is -0.115. The first-order valence-corrected chi connectivity index (χ1v) is 15.0. The van der Waals surface area contributed by atoms with Gasteiger partial charge in [0.25, 0.3) is 11.8 Å². The van der Waals surface area contributed by atoms with Crippen molar-refractivity contribution in [2.75, 3.05) is 23.1 Å². The largest absolute Gasteiger partial charge is 0.465 e. The number of thioether (sulfide) groups is 1. The van der Waals surface area contributed by atoms with Gasteiger partial charge in [-0.1, -0.05) is 48.9 Å². The van der Waals surface area contributed by atoms with Gasteiger partial charge < -0.3 is 20.7 Å². The molecule has 4 aromatic rings. The molecule has 0 aliphatic carbocycles. The Labute approximate surface area is 256 Å². The second-order valence-electron chi connectivity index (χ2n) is 9.07. The van der Waals surface area contributed by atoms with Crippen molar-refractivity contribution in [2.24, 2.45) is 0 Å². The van der Waals surface area contributed by atoms with Gasteiger partial charge in [0, 0.05) is 26.9 Å². The zero-order chi connectivity index (χ0) is 30.2. The summed E-state index contributed by atoms with van der Waals surface area (Å²) in [7, 11) is 1.25. The molecule has 1 heterocycles. The minimum atomic E-state index is -0.651. The van der Waals surface area contributed by atoms with E-state index in [0.717, 1.165) is 16.2 Å². The van der Waals surface area contributed by atoms with E-state index < -0.39 is 17.1 Å². The third-order valence-corrected chi connectivity index (χ3v) is 8.93. The molecule has 216 valence electrons. The number of rotatable bonds is 10. The second-order valence-corrected chi connectivity index (χ2v) is 11.8. The van der Waals surface area contributed by atoms with Crippen molar-refractivity contribution in [1.29, 1.82) is 0 Å². The number of hydrogen-bond donors (Lipinski definition) is 3. The van der Waals surface area contributed by atoms with Gasteiger partial charge in [-0.2, -0.15) is 0 Å². The van der Waals surface area contributed by atoms with Crippen LogP contribution in [-0.4, -0.2) is 36.1 Å². The van der Waals surface area contributed by atoms with E-state index in [9.17, 15) is 19.2 Å². The molecule has 1 unspecified atom stereocenters. The van der Waals surface area contributed by atoms with Crippen LogP contribution in [0.4, 0.5) is 16.4 Å². The van der Waals surface area contributed by atoms with Gasteiger partial charge in [0.1, 0.15) is 5.00 Å². The number of halogens is 1. The van der Waals surface area contributed by atoms with E-state index >= 15 is 0 Å². The second kappa shape index (κ2) is 14.2. The Bertz CT molecular complexity index is 1620. The first-order valence-electron chi connectivity index (χ1n) is 12.9. The quantitative estimate of drug-likeness (QED) is 0.125. The smallest absolute Gasteiger partial charge is 0.341 e. The van der Waals surface area contributed by atoms with Gasteiger partial charge in [-0.3, -0.25) is 14.4 Å². The van der Waals surface area contributed by atoms with Crippen LogP contribution in [0.3, 0.4) is 0 Å². The van der Waals surface area contributed by atoms with Gasteiger partial charge in [-0.05, 0) is 67.4 Å². The molecule has 8 nitrogen and oxygen atoms in total. The van der Waals surface area contributed by atoms with Gasteiger partial charge in [-0.15, -0.1) is 23.1 Å². The summed E-state index contributed by atoms with van der Waals surface area (Å²) in [5.74, 6) is -1.69. The molecule has 3 N–H and O–H groups in total. The maximum Gasteiger partial charge on any atom is 0.341 e. The average Bonchev–Trinajstić information content (AvgIpc) is 3.31. The molecule has 3 aromatic carbocycles. The fourth-order valence-corrected chi connectivity index (χ4v) is 6.33. The maximum absolute atomic E-state index is 13.4. The highest BCUT2D eigenvalue weighted by Crippen LogP contribution is 2.36. The molecule has 0 saturated heterocycles. The number of nitrogens with one attached hydrogen (secondary N) is 3. The molecule has 1 atom stereocenters. The molecule has 11 heteroatoms. The van der Waals surface area contributed by atoms with Crippen molar-refractivity contribution >= 4 is 74.8 Å². The van der Waals surface area contributed by atoms with Crippen LogP contribution in [0.1, 0.15) is 49.3 Å². The summed E-state index contributed by atoms with van der Waals surface area (Å²) < 4.78 is 4.95. The number of anilines is 3. The minimum absolute atomic E-state index is 0.139. The van der Waals surface area contributed by atoms with Crippen LogP contribution in [0.2, 0.25) is 5.02 Å². The number of thiophene rings is 1. The SMILES string of the molecule is CCC(Sc1cccc(NC(=O)c2cccc(Cl)c2)c1)C(=O)Nc1sc(C(=O)Nc2ccccc2)c(C)c1C(=O)OC. The van der Waals surface area contributed by atoms with E-state index in [1.807, 2.05) is 19.1 Å². The first-order chi connectivity index (χ1) is 20.2. The van der Waals surface area contributed by atoms with Crippen molar-refractivity contribution in [3.05, 3.63) is 105 Å². The van der Waals surface area contributed by atoms with Gasteiger partial charge in [0.2, 0.25) is 5.91 Å². The minimum Gasteiger partial charge on any atom is -0.465 e. The summed E-state index contributed by atoms with van der Waals surface area (Å²) in [6.07, 6.45) is 0.481. The number of carbonyl (C=O) groups is 4. The van der Waals surface area contributed by atoms with Crippen molar-refractivity contribution in [3.63, 3.8) is 0 Å². The zero-order valence-electron chi connectivity index (χ0n) is 23.0. The van der Waals surface area contributed by atoms with Gasteiger partial charge in [0.15, 0.2) is 0 Å². The van der Waals surface area contributed by atoms with Crippen LogP contribution >= 0.6 is 34.7 Å². The van der Waals surface area contributed by atoms with Crippen LogP contribution in [0.25, 0.3) is 0 Å². The third kappa shape index (κ3) is 7.58. The average molecular weight is 622 g/mol. The number of carbonyl (C=O) groups excluding carboxylic acids is 4. The lowest BCUT2D eigenvalue weighted by atomic mass is 10.1. The number of para-hydroxylation sites is 1. The Hall–Kier alpha value is -4.12. The van der Waals surface area contributed by atoms with Crippen molar-refractivity contribution < 1.29 is 23.9 Å². The van der Waals surface area contributed by atoms with E-state index in [1.165, 1.54) is 18.9 Å². The van der Waals surface area contributed by atoms with E-state index in [4.69, 9.17) is 16.3 Å². The molecule has 42 heavy (non-hydrogen) atoms. The van der Waals surface area contributed by atoms with Crippen LogP contribution in [0.15, 0.2) is 83.8 Å². The molecule has 0 fully saturated rings. The van der Waals surface area contributed by atoms with Crippen LogP contribution in [0, 0.1) is 6.92 Å². The van der Waals surface area contributed by atoms with Gasteiger partial charge in [-0.25, -0.2) is 4.79 Å². The fourth-order valence-electron chi connectivity index (χ4n) is 4.03. The molecule has 0 radical (unpaired) electrons. The normalized spacial score (nSPS) is 11.3. The summed E-state index contributed by atoms with van der Waals surface area (Å²) in [4.78, 5) is 52.8. The number of hydrogen-bond acceptors (Lipinski definition) is 7. The highest BCUT2D eigenvalue weighted by Gasteiger charge is 2.28. The van der Waals surface area contributed by atoms with Crippen molar-refractivity contribution in [1.82, 2.24) is 0 Å². The molecule has 1 aromatic heterocycles. The number of benzene rings is 3. The number of ether oxygens (including phenoxy) is 1. The monoisotopic (exact) mass is 621 g/mol. The van der Waals surface area contributed by atoms with E-state index in [-0.39, 0.29) is 22.4 Å². The number of esters is 1. The predicted octanol–water partition coefficient (Wildman–Crippen LogP) is 7.51. The molecule has 3 amide bonds. The summed E-state index contributed by atoms with van der Waals surface area (Å²) in [5, 5.41) is 8.68. The Morgan fingerprint density at radius 1 is 0.881 bits per heavy atom. The molecule has 0 spiro atoms. The Morgan fingerprint density at radius 3 is 2.26 bits per heavy atom. The van der Waals surface area contributed by atoms with Gasteiger partial charge in [0.05, 0.1) is 22.8 Å². The molecular weight excluding hydrogens is 594 g/mol. The highest BCUT2D eigenvalue weighted by atomic mass is 35.5. The summed E-state index contributed by atoms with van der Waals surface area (Å²) >= 11 is 8.34. The lowest BCUT2D eigenvalue weighted by Crippen LogP contribution is -2.25. The summed E-state index contributed by atoms with van der Waals surface area (Å²) in [5.41, 5.74) is 2.15. The van der Waals surface area contributed by atoms with Crippen LogP contribution < -0.4 is 16.0 Å².